The molecule has 1 amide bonds. The van der Waals surface area contributed by atoms with Crippen molar-refractivity contribution in [1.29, 1.82) is 0 Å². The van der Waals surface area contributed by atoms with E-state index in [9.17, 15) is 4.79 Å². The number of nitrogens with one attached hydrogen (secondary N) is 1. The van der Waals surface area contributed by atoms with Gasteiger partial charge in [-0.25, -0.2) is 4.79 Å². The van der Waals surface area contributed by atoms with Crippen LogP contribution < -0.4 is 0 Å². The fourth-order valence-electron chi connectivity index (χ4n) is 3.53. The predicted molar refractivity (Wildman–Crippen MR) is 98.5 cm³/mol. The highest BCUT2D eigenvalue weighted by Gasteiger charge is 2.24. The second kappa shape index (κ2) is 7.01. The van der Waals surface area contributed by atoms with Gasteiger partial charge >= 0.3 is 6.09 Å². The topological polar surface area (TPSA) is 45.3 Å². The first-order valence-corrected chi connectivity index (χ1v) is 8.82. The SMILES string of the molecule is O=C(OCc1ccccc1)N1CCC(c2ccc3[nH]ccc3c2)CC1. The van der Waals surface area contributed by atoms with Crippen molar-refractivity contribution in [1.82, 2.24) is 9.88 Å². The van der Waals surface area contributed by atoms with Crippen LogP contribution in [0.1, 0.15) is 29.9 Å². The summed E-state index contributed by atoms with van der Waals surface area (Å²) in [5.74, 6) is 0.512. The van der Waals surface area contributed by atoms with Crippen molar-refractivity contribution in [2.45, 2.75) is 25.4 Å². The molecule has 3 aromatic rings. The first-order chi connectivity index (χ1) is 12.3. The number of ether oxygens (including phenoxy) is 1. The van der Waals surface area contributed by atoms with E-state index in [4.69, 9.17) is 4.74 Å². The number of amides is 1. The number of hydrogen-bond donors (Lipinski definition) is 1. The molecule has 0 aliphatic carbocycles. The van der Waals surface area contributed by atoms with Crippen molar-refractivity contribution in [2.75, 3.05) is 13.1 Å². The Hall–Kier alpha value is -2.75. The van der Waals surface area contributed by atoms with E-state index < -0.39 is 0 Å². The molecule has 1 aliphatic heterocycles. The molecule has 1 N–H and O–H groups in total. The Labute approximate surface area is 147 Å². The molecule has 0 spiro atoms. The summed E-state index contributed by atoms with van der Waals surface area (Å²) in [6.07, 6.45) is 3.73. The molecule has 4 heteroatoms. The quantitative estimate of drug-likeness (QED) is 0.755. The Balaban J connectivity index is 1.32. The maximum absolute atomic E-state index is 12.3. The maximum Gasteiger partial charge on any atom is 0.410 e. The van der Waals surface area contributed by atoms with Gasteiger partial charge in [-0.3, -0.25) is 0 Å². The second-order valence-corrected chi connectivity index (χ2v) is 6.63. The lowest BCUT2D eigenvalue weighted by Gasteiger charge is -2.31. The standard InChI is InChI=1S/C21H22N2O2/c24-21(25-15-16-4-2-1-3-5-16)23-12-9-17(10-13-23)18-6-7-20-19(14-18)8-11-22-20/h1-8,11,14,17,22H,9-10,12-13,15H2. The number of aromatic nitrogens is 1. The lowest BCUT2D eigenvalue weighted by Crippen LogP contribution is -2.38. The van der Waals surface area contributed by atoms with Gasteiger partial charge in [-0.05, 0) is 53.5 Å². The molecule has 2 aromatic carbocycles. The van der Waals surface area contributed by atoms with E-state index in [1.54, 1.807) is 0 Å². The van der Waals surface area contributed by atoms with Crippen LogP contribution in [0.5, 0.6) is 0 Å². The number of carbonyl (C=O) groups is 1. The number of likely N-dealkylation sites (tertiary alicyclic amines) is 1. The van der Waals surface area contributed by atoms with Gasteiger partial charge in [-0.2, -0.15) is 0 Å². The van der Waals surface area contributed by atoms with E-state index in [0.717, 1.165) is 31.5 Å². The molecule has 0 radical (unpaired) electrons. The van der Waals surface area contributed by atoms with Crippen LogP contribution in [0.25, 0.3) is 10.9 Å². The Morgan fingerprint density at radius 1 is 1.08 bits per heavy atom. The van der Waals surface area contributed by atoms with Gasteiger partial charge < -0.3 is 14.6 Å². The first kappa shape index (κ1) is 15.8. The van der Waals surface area contributed by atoms with Crippen molar-refractivity contribution < 1.29 is 9.53 Å². The minimum Gasteiger partial charge on any atom is -0.445 e. The Kier molecular flexibility index (Phi) is 4.42. The number of carbonyl (C=O) groups excluding carboxylic acids is 1. The van der Waals surface area contributed by atoms with Crippen molar-refractivity contribution in [3.8, 4) is 0 Å². The second-order valence-electron chi connectivity index (χ2n) is 6.63. The van der Waals surface area contributed by atoms with E-state index in [0.29, 0.717) is 12.5 Å². The summed E-state index contributed by atoms with van der Waals surface area (Å²) in [5.41, 5.74) is 3.56. The van der Waals surface area contributed by atoms with Crippen LogP contribution in [0.15, 0.2) is 60.8 Å². The normalized spacial score (nSPS) is 15.4. The highest BCUT2D eigenvalue weighted by molar-refractivity contribution is 5.80. The number of hydrogen-bond acceptors (Lipinski definition) is 2. The van der Waals surface area contributed by atoms with Gasteiger partial charge in [0.2, 0.25) is 0 Å². The zero-order valence-corrected chi connectivity index (χ0v) is 14.2. The smallest absolute Gasteiger partial charge is 0.410 e. The summed E-state index contributed by atoms with van der Waals surface area (Å²) in [5, 5.41) is 1.25. The third-order valence-corrected chi connectivity index (χ3v) is 5.01. The molecule has 1 aliphatic rings. The van der Waals surface area contributed by atoms with E-state index in [2.05, 4.69) is 29.2 Å². The highest BCUT2D eigenvalue weighted by atomic mass is 16.6. The molecule has 25 heavy (non-hydrogen) atoms. The van der Waals surface area contributed by atoms with Crippen molar-refractivity contribution in [3.05, 3.63) is 71.9 Å². The summed E-state index contributed by atoms with van der Waals surface area (Å²) in [6, 6.07) is 18.5. The van der Waals surface area contributed by atoms with Crippen LogP contribution >= 0.6 is 0 Å². The molecule has 1 aromatic heterocycles. The fraction of sp³-hybridized carbons (Fsp3) is 0.286. The largest absolute Gasteiger partial charge is 0.445 e. The number of fused-ring (bicyclic) bond motifs is 1. The van der Waals surface area contributed by atoms with E-state index in [-0.39, 0.29) is 6.09 Å². The summed E-state index contributed by atoms with van der Waals surface area (Å²) in [7, 11) is 0. The molecular weight excluding hydrogens is 312 g/mol. The van der Waals surface area contributed by atoms with Gasteiger partial charge in [0.05, 0.1) is 0 Å². The van der Waals surface area contributed by atoms with Gasteiger partial charge in [-0.1, -0.05) is 36.4 Å². The molecule has 0 saturated carbocycles. The zero-order chi connectivity index (χ0) is 17.1. The summed E-state index contributed by atoms with van der Waals surface area (Å²) >= 11 is 0. The molecule has 4 rings (SSSR count). The van der Waals surface area contributed by atoms with E-state index in [1.807, 2.05) is 41.4 Å². The van der Waals surface area contributed by atoms with Crippen LogP contribution in [0.4, 0.5) is 4.79 Å². The number of rotatable bonds is 3. The molecule has 2 heterocycles. The fourth-order valence-corrected chi connectivity index (χ4v) is 3.53. The molecular formula is C21H22N2O2. The van der Waals surface area contributed by atoms with Crippen LogP contribution in [0, 0.1) is 0 Å². The number of H-pyrrole nitrogens is 1. The van der Waals surface area contributed by atoms with Gasteiger partial charge in [-0.15, -0.1) is 0 Å². The monoisotopic (exact) mass is 334 g/mol. The summed E-state index contributed by atoms with van der Waals surface area (Å²) in [6.45, 7) is 1.84. The first-order valence-electron chi connectivity index (χ1n) is 8.82. The Morgan fingerprint density at radius 2 is 1.88 bits per heavy atom. The predicted octanol–water partition coefficient (Wildman–Crippen LogP) is 4.68. The van der Waals surface area contributed by atoms with Crippen LogP contribution in [0.3, 0.4) is 0 Å². The number of aromatic amines is 1. The van der Waals surface area contributed by atoms with Crippen LogP contribution in [0.2, 0.25) is 0 Å². The Bertz CT molecular complexity index is 848. The molecule has 1 saturated heterocycles. The van der Waals surface area contributed by atoms with Crippen LogP contribution in [-0.4, -0.2) is 29.1 Å². The molecule has 128 valence electrons. The number of nitrogens with zero attached hydrogens (tertiary/aromatic N) is 1. The van der Waals surface area contributed by atoms with Crippen molar-refractivity contribution in [2.24, 2.45) is 0 Å². The average molecular weight is 334 g/mol. The van der Waals surface area contributed by atoms with Gasteiger partial charge in [0.15, 0.2) is 0 Å². The third-order valence-electron chi connectivity index (χ3n) is 5.01. The minimum absolute atomic E-state index is 0.205. The zero-order valence-electron chi connectivity index (χ0n) is 14.2. The van der Waals surface area contributed by atoms with E-state index in [1.165, 1.54) is 16.5 Å². The average Bonchev–Trinajstić information content (AvgIpc) is 3.15. The lowest BCUT2D eigenvalue weighted by atomic mass is 9.89. The molecule has 0 atom stereocenters. The summed E-state index contributed by atoms with van der Waals surface area (Å²) < 4.78 is 5.44. The van der Waals surface area contributed by atoms with Gasteiger partial charge in [0.1, 0.15) is 6.61 Å². The van der Waals surface area contributed by atoms with E-state index >= 15 is 0 Å². The number of benzene rings is 2. The van der Waals surface area contributed by atoms with Crippen molar-refractivity contribution in [3.63, 3.8) is 0 Å². The van der Waals surface area contributed by atoms with Crippen molar-refractivity contribution >= 4 is 17.0 Å². The molecule has 4 nitrogen and oxygen atoms in total. The minimum atomic E-state index is -0.205. The molecule has 1 fully saturated rings. The van der Waals surface area contributed by atoms with Crippen LogP contribution in [-0.2, 0) is 11.3 Å². The summed E-state index contributed by atoms with van der Waals surface area (Å²) in [4.78, 5) is 17.3. The highest BCUT2D eigenvalue weighted by Crippen LogP contribution is 2.30. The molecule has 0 bridgehead atoms. The third kappa shape index (κ3) is 3.53. The molecule has 0 unspecified atom stereocenters. The van der Waals surface area contributed by atoms with Gasteiger partial charge in [0, 0.05) is 24.8 Å². The van der Waals surface area contributed by atoms with Gasteiger partial charge in [0.25, 0.3) is 0 Å². The lowest BCUT2D eigenvalue weighted by molar-refractivity contribution is 0.0870. The Morgan fingerprint density at radius 3 is 2.68 bits per heavy atom. The maximum atomic E-state index is 12.3. The number of piperidine rings is 1.